The van der Waals surface area contributed by atoms with Gasteiger partial charge < -0.3 is 5.32 Å². The number of hydrogen-bond acceptors (Lipinski definition) is 5. The molecule has 3 N–H and O–H groups in total. The molecule has 39 heavy (non-hydrogen) atoms. The van der Waals surface area contributed by atoms with Crippen molar-refractivity contribution in [2.75, 3.05) is 15.7 Å². The second-order valence-corrected chi connectivity index (χ2v) is 13.6. The first-order chi connectivity index (χ1) is 17.7. The largest absolute Gasteiger partial charge is 0.394 e. The average molecular weight is 594 g/mol. The fourth-order valence-corrected chi connectivity index (χ4v) is 6.55. The Bertz CT molecular complexity index is 1550. The van der Waals surface area contributed by atoms with Crippen LogP contribution in [0.4, 0.5) is 33.3 Å². The van der Waals surface area contributed by atoms with Gasteiger partial charge in [-0.1, -0.05) is 12.6 Å². The lowest BCUT2D eigenvalue weighted by molar-refractivity contribution is -0.336. The van der Waals surface area contributed by atoms with Crippen LogP contribution in [0, 0.1) is 5.41 Å². The number of allylic oxidation sites excluding steroid dienone is 1. The first kappa shape index (κ1) is 28.8. The molecule has 0 spiro atoms. The highest BCUT2D eigenvalue weighted by Gasteiger charge is 2.79. The molecule has 2 aromatic carbocycles. The van der Waals surface area contributed by atoms with Crippen LogP contribution in [0.3, 0.4) is 0 Å². The normalized spacial score (nSPS) is 22.7. The number of alkyl halides is 5. The van der Waals surface area contributed by atoms with Crippen molar-refractivity contribution >= 4 is 37.3 Å². The van der Waals surface area contributed by atoms with Crippen LogP contribution in [0.15, 0.2) is 59.5 Å². The molecule has 2 aromatic rings. The second kappa shape index (κ2) is 8.91. The van der Waals surface area contributed by atoms with Gasteiger partial charge in [0.05, 0.1) is 27.8 Å². The number of benzene rings is 2. The molecule has 15 heteroatoms. The topological polar surface area (TPSA) is 121 Å². The van der Waals surface area contributed by atoms with Gasteiger partial charge in [-0.3, -0.25) is 14.2 Å². The summed E-state index contributed by atoms with van der Waals surface area (Å²) >= 11 is 0. The summed E-state index contributed by atoms with van der Waals surface area (Å²) in [5.74, 6) is -4.51. The Morgan fingerprint density at radius 1 is 0.923 bits per heavy atom. The van der Waals surface area contributed by atoms with Crippen molar-refractivity contribution in [2.24, 2.45) is 5.41 Å². The fourth-order valence-electron chi connectivity index (χ4n) is 4.92. The average Bonchev–Trinajstić information content (AvgIpc) is 2.73. The van der Waals surface area contributed by atoms with Gasteiger partial charge in [-0.05, 0) is 68.2 Å². The van der Waals surface area contributed by atoms with Crippen LogP contribution in [0.5, 0.6) is 0 Å². The Kier molecular flexibility index (Phi) is 6.58. The Balaban J connectivity index is 1.64. The summed E-state index contributed by atoms with van der Waals surface area (Å²) in [5.41, 5.74) is -5.01. The minimum Gasteiger partial charge on any atom is -0.346 e. The van der Waals surface area contributed by atoms with Gasteiger partial charge in [0, 0.05) is 16.8 Å². The van der Waals surface area contributed by atoms with E-state index >= 15 is 0 Å². The molecule has 212 valence electrons. The lowest BCUT2D eigenvalue weighted by Gasteiger charge is -2.70. The van der Waals surface area contributed by atoms with Crippen LogP contribution >= 0.6 is 0 Å². The van der Waals surface area contributed by atoms with Crippen LogP contribution in [0.1, 0.15) is 42.1 Å². The standard InChI is InChI=1S/C24H24F5N3O5S2/c1-14(2)23(25,26)15-4-9-18(20(33)30-22-11-21(12-22,13-22)24(27,28)29)19(10-15)32-39(36,37)17-7-5-16(6-8-17)31-38(3,34)35/h4-10,31-32H,1,11-13H2,2-3H3,(H,30,33). The summed E-state index contributed by atoms with van der Waals surface area (Å²) in [4.78, 5) is 12.7. The number of sulfonamides is 2. The molecule has 3 aliphatic rings. The van der Waals surface area contributed by atoms with Gasteiger partial charge >= 0.3 is 6.18 Å². The second-order valence-electron chi connectivity index (χ2n) is 10.2. The molecule has 3 saturated carbocycles. The van der Waals surface area contributed by atoms with E-state index in [1.807, 2.05) is 0 Å². The van der Waals surface area contributed by atoms with Crippen molar-refractivity contribution in [2.45, 2.75) is 48.7 Å². The molecule has 3 aliphatic carbocycles. The number of rotatable bonds is 9. The highest BCUT2D eigenvalue weighted by molar-refractivity contribution is 7.92. The van der Waals surface area contributed by atoms with Gasteiger partial charge in [0.15, 0.2) is 0 Å². The van der Waals surface area contributed by atoms with Crippen molar-refractivity contribution < 1.29 is 43.6 Å². The number of anilines is 2. The molecule has 0 unspecified atom stereocenters. The van der Waals surface area contributed by atoms with E-state index in [1.165, 1.54) is 0 Å². The number of carbonyl (C=O) groups is 1. The molecule has 8 nitrogen and oxygen atoms in total. The van der Waals surface area contributed by atoms with Crippen molar-refractivity contribution in [3.05, 3.63) is 65.7 Å². The van der Waals surface area contributed by atoms with E-state index in [1.54, 1.807) is 0 Å². The van der Waals surface area contributed by atoms with Gasteiger partial charge in [-0.2, -0.15) is 22.0 Å². The van der Waals surface area contributed by atoms with E-state index in [2.05, 4.69) is 21.3 Å². The Morgan fingerprint density at radius 3 is 1.97 bits per heavy atom. The SMILES string of the molecule is C=C(C)C(F)(F)c1ccc(C(=O)NC23CC(C(F)(F)F)(C2)C3)c(NS(=O)(=O)c2ccc(NS(C)(=O)=O)cc2)c1. The van der Waals surface area contributed by atoms with Crippen molar-refractivity contribution in [3.8, 4) is 0 Å². The number of nitrogens with one attached hydrogen (secondary N) is 3. The third-order valence-corrected chi connectivity index (χ3v) is 8.87. The number of amides is 1. The van der Waals surface area contributed by atoms with Crippen molar-refractivity contribution in [3.63, 3.8) is 0 Å². The molecule has 3 fully saturated rings. The first-order valence-corrected chi connectivity index (χ1v) is 14.7. The highest BCUT2D eigenvalue weighted by Crippen LogP contribution is 2.73. The predicted molar refractivity (Wildman–Crippen MR) is 133 cm³/mol. The molecule has 0 saturated heterocycles. The molecule has 2 bridgehead atoms. The van der Waals surface area contributed by atoms with Gasteiger partial charge in [-0.25, -0.2) is 16.8 Å². The van der Waals surface area contributed by atoms with E-state index in [0.717, 1.165) is 55.6 Å². The van der Waals surface area contributed by atoms with Crippen molar-refractivity contribution in [1.82, 2.24) is 5.32 Å². The zero-order chi connectivity index (χ0) is 29.2. The summed E-state index contributed by atoms with van der Waals surface area (Å²) in [7, 11) is -8.13. The minimum atomic E-state index is -4.49. The highest BCUT2D eigenvalue weighted by atomic mass is 32.2. The van der Waals surface area contributed by atoms with Crippen LogP contribution in [0.2, 0.25) is 0 Å². The zero-order valence-corrected chi connectivity index (χ0v) is 22.3. The molecule has 0 aliphatic heterocycles. The van der Waals surface area contributed by atoms with Crippen LogP contribution < -0.4 is 14.8 Å². The van der Waals surface area contributed by atoms with Crippen LogP contribution in [0.25, 0.3) is 0 Å². The monoisotopic (exact) mass is 593 g/mol. The zero-order valence-electron chi connectivity index (χ0n) is 20.6. The Labute approximate surface area is 221 Å². The molecule has 0 radical (unpaired) electrons. The van der Waals surface area contributed by atoms with E-state index < -0.39 is 65.8 Å². The summed E-state index contributed by atoms with van der Waals surface area (Å²) in [6.07, 6.45) is -4.49. The number of carbonyl (C=O) groups excluding carboxylic acids is 1. The molecule has 0 atom stereocenters. The smallest absolute Gasteiger partial charge is 0.346 e. The fraction of sp³-hybridized carbons (Fsp3) is 0.375. The number of halogens is 5. The predicted octanol–water partition coefficient (Wildman–Crippen LogP) is 4.74. The quantitative estimate of drug-likeness (QED) is 0.287. The van der Waals surface area contributed by atoms with Crippen LogP contribution in [-0.4, -0.2) is 40.7 Å². The van der Waals surface area contributed by atoms with Crippen LogP contribution in [-0.2, 0) is 26.0 Å². The van der Waals surface area contributed by atoms with Crippen molar-refractivity contribution in [1.29, 1.82) is 0 Å². The van der Waals surface area contributed by atoms with Gasteiger partial charge in [0.25, 0.3) is 21.9 Å². The maximum absolute atomic E-state index is 14.7. The first-order valence-electron chi connectivity index (χ1n) is 11.4. The molecule has 0 heterocycles. The molecular weight excluding hydrogens is 569 g/mol. The summed E-state index contributed by atoms with van der Waals surface area (Å²) in [6, 6.07) is 7.07. The van der Waals surface area contributed by atoms with Gasteiger partial charge in [0.1, 0.15) is 0 Å². The molecule has 5 rings (SSSR count). The molecule has 0 aromatic heterocycles. The molecular formula is C24H24F5N3O5S2. The lowest BCUT2D eigenvalue weighted by atomic mass is 9.39. The maximum Gasteiger partial charge on any atom is 0.394 e. The van der Waals surface area contributed by atoms with Gasteiger partial charge in [-0.15, -0.1) is 0 Å². The third-order valence-electron chi connectivity index (χ3n) is 6.89. The number of hydrogen-bond donors (Lipinski definition) is 3. The minimum absolute atomic E-state index is 0.0646. The van der Waals surface area contributed by atoms with Gasteiger partial charge in [0.2, 0.25) is 10.0 Å². The van der Waals surface area contributed by atoms with E-state index in [-0.39, 0.29) is 35.4 Å². The maximum atomic E-state index is 14.7. The lowest BCUT2D eigenvalue weighted by Crippen LogP contribution is -2.78. The summed E-state index contributed by atoms with van der Waals surface area (Å²) in [6.45, 7) is 4.30. The Morgan fingerprint density at radius 2 is 1.49 bits per heavy atom. The summed E-state index contributed by atoms with van der Waals surface area (Å²) < 4.78 is 122. The van der Waals surface area contributed by atoms with E-state index in [4.69, 9.17) is 0 Å². The molecule has 1 amide bonds. The third kappa shape index (κ3) is 5.33. The van der Waals surface area contributed by atoms with E-state index in [9.17, 15) is 43.6 Å². The summed E-state index contributed by atoms with van der Waals surface area (Å²) in [5, 5.41) is 2.50. The Hall–Kier alpha value is -3.20. The van der Waals surface area contributed by atoms with E-state index in [0.29, 0.717) is 0 Å².